The van der Waals surface area contributed by atoms with Gasteiger partial charge in [-0.3, -0.25) is 0 Å². The molecule has 4 nitrogen and oxygen atoms in total. The molecule has 1 fully saturated rings. The third-order valence-electron chi connectivity index (χ3n) is 1.90. The summed E-state index contributed by atoms with van der Waals surface area (Å²) in [6, 6.07) is 0. The highest BCUT2D eigenvalue weighted by Crippen LogP contribution is 2.19. The minimum atomic E-state index is -1.19. The van der Waals surface area contributed by atoms with Gasteiger partial charge >= 0.3 is 0 Å². The molecule has 4 N–H and O–H groups in total. The van der Waals surface area contributed by atoms with E-state index in [0.717, 1.165) is 0 Å². The van der Waals surface area contributed by atoms with E-state index in [-0.39, 0.29) is 0 Å². The van der Waals surface area contributed by atoms with Crippen molar-refractivity contribution < 1.29 is 20.4 Å². The van der Waals surface area contributed by atoms with Crippen molar-refractivity contribution >= 4 is 0 Å². The maximum atomic E-state index is 8.96. The average Bonchev–Trinajstić information content (AvgIpc) is 1.93. The van der Waals surface area contributed by atoms with Crippen LogP contribution in [0.4, 0.5) is 0 Å². The molecule has 0 bridgehead atoms. The predicted octanol–water partition coefficient (Wildman–Crippen LogP) is -1.78. The Balaban J connectivity index is 2.52. The van der Waals surface area contributed by atoms with E-state index in [1.807, 2.05) is 0 Å². The molecule has 0 aromatic rings. The van der Waals surface area contributed by atoms with Crippen LogP contribution in [0.1, 0.15) is 12.8 Å². The second-order valence-corrected chi connectivity index (χ2v) is 2.69. The number of hydrogen-bond acceptors (Lipinski definition) is 4. The molecule has 0 aromatic heterocycles. The molecule has 0 aliphatic heterocycles. The third kappa shape index (κ3) is 1.29. The highest BCUT2D eigenvalue weighted by atomic mass is 16.4. The summed E-state index contributed by atoms with van der Waals surface area (Å²) >= 11 is 0. The zero-order chi connectivity index (χ0) is 7.72. The van der Waals surface area contributed by atoms with Gasteiger partial charge in [0.25, 0.3) is 0 Å². The van der Waals surface area contributed by atoms with Gasteiger partial charge in [-0.2, -0.15) is 0 Å². The Labute approximate surface area is 58.7 Å². The molecule has 0 aromatic carbocycles. The van der Waals surface area contributed by atoms with Crippen molar-refractivity contribution in [3.63, 3.8) is 0 Å². The van der Waals surface area contributed by atoms with E-state index >= 15 is 0 Å². The van der Waals surface area contributed by atoms with Crippen molar-refractivity contribution in [2.24, 2.45) is 0 Å². The van der Waals surface area contributed by atoms with Crippen molar-refractivity contribution in [2.75, 3.05) is 0 Å². The van der Waals surface area contributed by atoms with Crippen LogP contribution in [0.25, 0.3) is 0 Å². The van der Waals surface area contributed by atoms with Gasteiger partial charge in [-0.25, -0.2) is 0 Å². The van der Waals surface area contributed by atoms with Gasteiger partial charge in [0.1, 0.15) is 12.2 Å². The lowest BCUT2D eigenvalue weighted by atomic mass is 9.90. The van der Waals surface area contributed by atoms with Gasteiger partial charge in [-0.1, -0.05) is 0 Å². The van der Waals surface area contributed by atoms with Crippen LogP contribution < -0.4 is 0 Å². The van der Waals surface area contributed by atoms with E-state index in [9.17, 15) is 0 Å². The second kappa shape index (κ2) is 2.84. The lowest BCUT2D eigenvalue weighted by Crippen LogP contribution is -2.48. The van der Waals surface area contributed by atoms with Gasteiger partial charge < -0.3 is 20.4 Å². The molecular weight excluding hydrogens is 136 g/mol. The quantitative estimate of drug-likeness (QED) is 0.327. The molecule has 4 atom stereocenters. The van der Waals surface area contributed by atoms with Crippen LogP contribution in [0.2, 0.25) is 0 Å². The van der Waals surface area contributed by atoms with Crippen LogP contribution in [0.5, 0.6) is 0 Å². The van der Waals surface area contributed by atoms with Crippen molar-refractivity contribution in [1.29, 1.82) is 0 Å². The van der Waals surface area contributed by atoms with Crippen LogP contribution in [-0.2, 0) is 0 Å². The Morgan fingerprint density at radius 2 is 1.00 bits per heavy atom. The van der Waals surface area contributed by atoms with Gasteiger partial charge in [0.05, 0.1) is 12.2 Å². The number of aliphatic hydroxyl groups is 4. The van der Waals surface area contributed by atoms with E-state index in [2.05, 4.69) is 0 Å². The van der Waals surface area contributed by atoms with Crippen molar-refractivity contribution in [3.8, 4) is 0 Å². The summed E-state index contributed by atoms with van der Waals surface area (Å²) in [6.07, 6.45) is -3.47. The molecule has 0 saturated heterocycles. The number of rotatable bonds is 0. The lowest BCUT2D eigenvalue weighted by Gasteiger charge is -2.31. The molecule has 1 rings (SSSR count). The van der Waals surface area contributed by atoms with E-state index in [1.54, 1.807) is 0 Å². The SMILES string of the molecule is OC1CCC(O)C(O)C1O. The normalized spacial score (nSPS) is 49.2. The maximum Gasteiger partial charge on any atom is 0.108 e. The van der Waals surface area contributed by atoms with Gasteiger partial charge in [0, 0.05) is 0 Å². The standard InChI is InChI=1S/C6H12O4/c7-3-1-2-4(8)6(10)5(3)9/h3-10H,1-2H2. The first-order valence-corrected chi connectivity index (χ1v) is 3.35. The molecule has 1 aliphatic carbocycles. The Bertz CT molecular complexity index is 102. The van der Waals surface area contributed by atoms with Gasteiger partial charge in [-0.05, 0) is 12.8 Å². The molecule has 4 heteroatoms. The smallest absolute Gasteiger partial charge is 0.108 e. The van der Waals surface area contributed by atoms with Crippen LogP contribution in [-0.4, -0.2) is 44.8 Å². The van der Waals surface area contributed by atoms with Crippen LogP contribution in [0, 0.1) is 0 Å². The molecule has 10 heavy (non-hydrogen) atoms. The first-order chi connectivity index (χ1) is 4.63. The monoisotopic (exact) mass is 148 g/mol. The van der Waals surface area contributed by atoms with E-state index in [1.165, 1.54) is 0 Å². The maximum absolute atomic E-state index is 8.96. The molecule has 0 spiro atoms. The largest absolute Gasteiger partial charge is 0.390 e. The second-order valence-electron chi connectivity index (χ2n) is 2.69. The van der Waals surface area contributed by atoms with Gasteiger partial charge in [-0.15, -0.1) is 0 Å². The Morgan fingerprint density at radius 3 is 1.30 bits per heavy atom. The number of hydrogen-bond donors (Lipinski definition) is 4. The minimum absolute atomic E-state index is 0.347. The van der Waals surface area contributed by atoms with Gasteiger partial charge in [0.15, 0.2) is 0 Å². The molecule has 60 valence electrons. The van der Waals surface area contributed by atoms with Crippen LogP contribution >= 0.6 is 0 Å². The highest BCUT2D eigenvalue weighted by molar-refractivity contribution is 4.86. The highest BCUT2D eigenvalue weighted by Gasteiger charge is 2.34. The summed E-state index contributed by atoms with van der Waals surface area (Å²) in [7, 11) is 0. The zero-order valence-electron chi connectivity index (χ0n) is 5.51. The summed E-state index contributed by atoms with van der Waals surface area (Å²) in [5, 5.41) is 35.8. The van der Waals surface area contributed by atoms with Crippen LogP contribution in [0.15, 0.2) is 0 Å². The van der Waals surface area contributed by atoms with E-state index < -0.39 is 24.4 Å². The summed E-state index contributed by atoms with van der Waals surface area (Å²) in [6.45, 7) is 0. The summed E-state index contributed by atoms with van der Waals surface area (Å²) in [5.74, 6) is 0. The summed E-state index contributed by atoms with van der Waals surface area (Å²) < 4.78 is 0. The predicted molar refractivity (Wildman–Crippen MR) is 33.3 cm³/mol. The number of aliphatic hydroxyl groups excluding tert-OH is 4. The third-order valence-corrected chi connectivity index (χ3v) is 1.90. The molecule has 0 amide bonds. The summed E-state index contributed by atoms with van der Waals surface area (Å²) in [4.78, 5) is 0. The lowest BCUT2D eigenvalue weighted by molar-refractivity contribution is -0.135. The molecular formula is C6H12O4. The average molecular weight is 148 g/mol. The van der Waals surface area contributed by atoms with Gasteiger partial charge in [0.2, 0.25) is 0 Å². The molecule has 0 heterocycles. The van der Waals surface area contributed by atoms with Crippen LogP contribution in [0.3, 0.4) is 0 Å². The molecule has 1 saturated carbocycles. The molecule has 4 unspecified atom stereocenters. The fraction of sp³-hybridized carbons (Fsp3) is 1.00. The van der Waals surface area contributed by atoms with Crippen molar-refractivity contribution in [3.05, 3.63) is 0 Å². The topological polar surface area (TPSA) is 80.9 Å². The Morgan fingerprint density at radius 1 is 0.700 bits per heavy atom. The Kier molecular flexibility index (Phi) is 2.25. The Hall–Kier alpha value is -0.160. The van der Waals surface area contributed by atoms with E-state index in [0.29, 0.717) is 12.8 Å². The zero-order valence-corrected chi connectivity index (χ0v) is 5.51. The molecule has 1 aliphatic rings. The fourth-order valence-corrected chi connectivity index (χ4v) is 1.14. The summed E-state index contributed by atoms with van der Waals surface area (Å²) in [5.41, 5.74) is 0. The fourth-order valence-electron chi connectivity index (χ4n) is 1.14. The van der Waals surface area contributed by atoms with Crippen molar-refractivity contribution in [1.82, 2.24) is 0 Å². The minimum Gasteiger partial charge on any atom is -0.390 e. The first-order valence-electron chi connectivity index (χ1n) is 3.35. The molecule has 0 radical (unpaired) electrons. The van der Waals surface area contributed by atoms with E-state index in [4.69, 9.17) is 20.4 Å². The first kappa shape index (κ1) is 7.94. The van der Waals surface area contributed by atoms with Crippen molar-refractivity contribution in [2.45, 2.75) is 37.3 Å².